The summed E-state index contributed by atoms with van der Waals surface area (Å²) in [4.78, 5) is 0. The van der Waals surface area contributed by atoms with Crippen LogP contribution in [0.3, 0.4) is 0 Å². The van der Waals surface area contributed by atoms with Crippen LogP contribution in [0.4, 0.5) is 0 Å². The largest absolute Gasteiger partial charge is 0.455 e. The Balaban J connectivity index is 1.70. The van der Waals surface area contributed by atoms with E-state index in [9.17, 15) is 6.85 Å². The summed E-state index contributed by atoms with van der Waals surface area (Å²) in [6.45, 7) is 0. The molecular weight excluding hydrogens is 544 g/mol. The van der Waals surface area contributed by atoms with E-state index in [0.717, 1.165) is 0 Å². The summed E-state index contributed by atoms with van der Waals surface area (Å²) in [6, 6.07) is -17.7. The normalized spacial score (nSPS) is 19.3. The molecule has 0 aliphatic carbocycles. The highest BCUT2D eigenvalue weighted by Crippen LogP contribution is 2.51. The molecule has 9 aromatic rings. The highest BCUT2D eigenvalue weighted by atomic mass is 16.3. The molecule has 0 aliphatic heterocycles. The van der Waals surface area contributed by atoms with Crippen LogP contribution < -0.4 is 0 Å². The van der Waals surface area contributed by atoms with Gasteiger partial charge in [0.1, 0.15) is 11.3 Å². The number of rotatable bonds is 4. The van der Waals surface area contributed by atoms with Gasteiger partial charge < -0.3 is 4.42 Å². The van der Waals surface area contributed by atoms with Crippen molar-refractivity contribution in [3.05, 3.63) is 169 Å². The maximum absolute atomic E-state index is 9.57. The predicted molar refractivity (Wildman–Crippen MR) is 190 cm³/mol. The fourth-order valence-corrected chi connectivity index (χ4v) is 5.61. The zero-order chi connectivity index (χ0) is 51.5. The van der Waals surface area contributed by atoms with Crippen LogP contribution >= 0.6 is 0 Å². The van der Waals surface area contributed by atoms with Crippen LogP contribution in [0, 0.1) is 0 Å². The third-order valence-electron chi connectivity index (χ3n) is 7.40. The second kappa shape index (κ2) is 10.4. The van der Waals surface area contributed by atoms with Gasteiger partial charge in [-0.1, -0.05) is 169 Å². The monoisotopic (exact) mass is 597 g/mol. The first-order chi connectivity index (χ1) is 32.7. The first kappa shape index (κ1) is 10.9. The summed E-state index contributed by atoms with van der Waals surface area (Å²) < 4.78 is 229. The maximum atomic E-state index is 9.57. The van der Waals surface area contributed by atoms with Gasteiger partial charge in [-0.15, -0.1) is 0 Å². The Morgan fingerprint density at radius 2 is 0.911 bits per heavy atom. The van der Waals surface area contributed by atoms with Crippen LogP contribution in [0.25, 0.3) is 88.0 Å². The topological polar surface area (TPSA) is 13.1 Å². The summed E-state index contributed by atoms with van der Waals surface area (Å²) in [5.41, 5.74) is -4.09. The van der Waals surface area contributed by atoms with E-state index < -0.39 is 228 Å². The Hall–Kier alpha value is -5.92. The van der Waals surface area contributed by atoms with Gasteiger partial charge in [-0.3, -0.25) is 0 Å². The lowest BCUT2D eigenvalue weighted by Crippen LogP contribution is -1.91. The number of fused-ring (bicyclic) bond motifs is 4. The third kappa shape index (κ3) is 4.02. The molecule has 0 bridgehead atoms. The molecule has 0 atom stereocenters. The van der Waals surface area contributed by atoms with Gasteiger partial charge in [0.25, 0.3) is 0 Å². The minimum Gasteiger partial charge on any atom is -0.455 e. The molecule has 210 valence electrons. The van der Waals surface area contributed by atoms with Crippen LogP contribution in [0.15, 0.2) is 174 Å². The van der Waals surface area contributed by atoms with Crippen molar-refractivity contribution in [2.45, 2.75) is 0 Å². The molecular formula is C44H28O. The lowest BCUT2D eigenvalue weighted by Gasteiger charge is -2.18. The van der Waals surface area contributed by atoms with E-state index in [0.29, 0.717) is 0 Å². The summed E-state index contributed by atoms with van der Waals surface area (Å²) in [6.07, 6.45) is 0. The lowest BCUT2D eigenvalue weighted by atomic mass is 9.84. The summed E-state index contributed by atoms with van der Waals surface area (Å²) in [7, 11) is 0. The Kier molecular flexibility index (Phi) is 2.51. The molecule has 0 spiro atoms. The molecule has 0 aliphatic rings. The molecule has 1 heterocycles. The van der Waals surface area contributed by atoms with Gasteiger partial charge in [-0.25, -0.2) is 0 Å². The maximum Gasteiger partial charge on any atom is 0.143 e. The molecule has 0 fully saturated rings. The molecule has 8 aromatic carbocycles. The van der Waals surface area contributed by atoms with E-state index in [1.54, 1.807) is 0 Å². The number of hydrogen-bond acceptors (Lipinski definition) is 1. The van der Waals surface area contributed by atoms with Gasteiger partial charge in [-0.05, 0) is 49.0 Å². The molecule has 9 rings (SSSR count). The van der Waals surface area contributed by atoms with Crippen molar-refractivity contribution in [3.8, 4) is 44.7 Å². The van der Waals surface area contributed by atoms with Crippen molar-refractivity contribution in [3.63, 3.8) is 0 Å². The molecule has 0 saturated heterocycles. The molecule has 0 unspecified atom stereocenters. The molecule has 0 radical (unpaired) electrons. The molecule has 0 saturated carbocycles. The summed E-state index contributed by atoms with van der Waals surface area (Å²) in [5, 5.41) is -3.89. The molecule has 45 heavy (non-hydrogen) atoms. The predicted octanol–water partition coefficient (Wildman–Crippen LogP) is 12.6. The molecule has 1 nitrogen and oxygen atoms in total. The van der Waals surface area contributed by atoms with Crippen molar-refractivity contribution in [1.82, 2.24) is 0 Å². The van der Waals surface area contributed by atoms with Gasteiger partial charge in [-0.2, -0.15) is 0 Å². The molecule has 1 heteroatoms. The third-order valence-corrected chi connectivity index (χ3v) is 7.40. The second-order valence-corrected chi connectivity index (χ2v) is 9.74. The first-order valence-electron chi connectivity index (χ1n) is 25.9. The fourth-order valence-electron chi connectivity index (χ4n) is 5.61. The van der Waals surface area contributed by atoms with Crippen LogP contribution in [-0.4, -0.2) is 0 Å². The Bertz CT molecular complexity index is 3800. The van der Waals surface area contributed by atoms with Crippen molar-refractivity contribution >= 4 is 43.3 Å². The first-order valence-corrected chi connectivity index (χ1v) is 13.4. The van der Waals surface area contributed by atoms with Gasteiger partial charge in [0, 0.05) is 27.6 Å². The highest BCUT2D eigenvalue weighted by molar-refractivity contribution is 6.25. The standard InChI is InChI=1S/C44H28O/c1-3-15-30(16-4-1)33-26-14-28-39-42(44(45-43(33)39)38-27-13-20-29-17-7-8-21-32(29)38)41-36-24-11-9-22-34(36)40(31-18-5-2-6-19-31)35-23-10-12-25-37(35)41/h1-28H/i1D,2D,3D,4D,5D,6D,7D,8D,9D,10D,11D,12D,13D,15D,16D,17D,18D,19D,20D,21D,22D,23D,24D,25D,27D. The van der Waals surface area contributed by atoms with Gasteiger partial charge in [0.2, 0.25) is 0 Å². The average molecular weight is 598 g/mol. The Morgan fingerprint density at radius 1 is 0.378 bits per heavy atom. The molecule has 1 aromatic heterocycles. The highest BCUT2D eigenvalue weighted by Gasteiger charge is 2.26. The molecule has 0 N–H and O–H groups in total. The minimum atomic E-state index is -0.937. The van der Waals surface area contributed by atoms with Crippen molar-refractivity contribution < 1.29 is 38.7 Å². The average Bonchev–Trinajstić information content (AvgIpc) is 3.72. The lowest BCUT2D eigenvalue weighted by molar-refractivity contribution is 0.634. The van der Waals surface area contributed by atoms with Crippen LogP contribution in [0.5, 0.6) is 0 Å². The Labute approximate surface area is 296 Å². The van der Waals surface area contributed by atoms with Gasteiger partial charge in [0.05, 0.1) is 34.3 Å². The minimum absolute atomic E-state index is 0.216. The quantitative estimate of drug-likeness (QED) is 0.184. The van der Waals surface area contributed by atoms with Crippen molar-refractivity contribution in [2.75, 3.05) is 0 Å². The van der Waals surface area contributed by atoms with Crippen molar-refractivity contribution in [2.24, 2.45) is 0 Å². The molecule has 0 amide bonds. The van der Waals surface area contributed by atoms with E-state index in [-0.39, 0.29) is 10.9 Å². The number of para-hydroxylation sites is 1. The van der Waals surface area contributed by atoms with Crippen molar-refractivity contribution in [1.29, 1.82) is 0 Å². The summed E-state index contributed by atoms with van der Waals surface area (Å²) in [5.74, 6) is -0.679. The zero-order valence-electron chi connectivity index (χ0n) is 47.6. The number of furan rings is 1. The van der Waals surface area contributed by atoms with Gasteiger partial charge in [0.15, 0.2) is 0 Å². The van der Waals surface area contributed by atoms with E-state index >= 15 is 0 Å². The van der Waals surface area contributed by atoms with Crippen LogP contribution in [0.2, 0.25) is 0 Å². The smallest absolute Gasteiger partial charge is 0.143 e. The van der Waals surface area contributed by atoms with Crippen LogP contribution in [-0.2, 0) is 0 Å². The number of hydrogen-bond donors (Lipinski definition) is 0. The van der Waals surface area contributed by atoms with E-state index in [1.807, 2.05) is 0 Å². The van der Waals surface area contributed by atoms with Gasteiger partial charge >= 0.3 is 0 Å². The Morgan fingerprint density at radius 3 is 1.58 bits per heavy atom. The fraction of sp³-hybridized carbons (Fsp3) is 0. The number of benzene rings is 8. The van der Waals surface area contributed by atoms with E-state index in [1.165, 1.54) is 18.2 Å². The van der Waals surface area contributed by atoms with E-state index in [2.05, 4.69) is 0 Å². The van der Waals surface area contributed by atoms with Crippen LogP contribution in [0.1, 0.15) is 34.3 Å². The zero-order valence-corrected chi connectivity index (χ0v) is 22.6. The SMILES string of the molecule is [2H]c1c([2H])c([2H])c(-c2cccc3c(-c4c5c([2H])c([2H])c([2H])c([2H])c5c(-c5c([2H])c([2H])c([2H])c([2H])c5[2H])c5c([2H])c([2H])c([2H])c([2H])c45)c(-c4c([2H])c([2H])c([2H])c5c([2H])c([2H])c([2H])c([2H])c45)oc23)c([2H])c1[2H]. The van der Waals surface area contributed by atoms with E-state index in [4.69, 9.17) is 31.8 Å². The summed E-state index contributed by atoms with van der Waals surface area (Å²) >= 11 is 0. The second-order valence-electron chi connectivity index (χ2n) is 9.74.